The number of methoxy groups -OCH3 is 1. The minimum Gasteiger partial charge on any atom is -0.496 e. The van der Waals surface area contributed by atoms with E-state index in [4.69, 9.17) is 4.74 Å². The number of para-hydroxylation sites is 1. The molecule has 1 aromatic rings. The predicted molar refractivity (Wildman–Crippen MR) is 98.8 cm³/mol. The second-order valence-electron chi connectivity index (χ2n) is 5.87. The first-order valence-corrected chi connectivity index (χ1v) is 8.93. The highest BCUT2D eigenvalue weighted by atomic mass is 35.5. The molecule has 6 heteroatoms. The molecule has 2 atom stereocenters. The summed E-state index contributed by atoms with van der Waals surface area (Å²) in [5, 5.41) is 6.41. The van der Waals surface area contributed by atoms with E-state index in [0.29, 0.717) is 18.4 Å². The van der Waals surface area contributed by atoms with Crippen molar-refractivity contribution in [3.63, 3.8) is 0 Å². The van der Waals surface area contributed by atoms with Crippen molar-refractivity contribution in [3.8, 4) is 5.75 Å². The van der Waals surface area contributed by atoms with E-state index in [2.05, 4.69) is 23.6 Å². The predicted octanol–water partition coefficient (Wildman–Crippen LogP) is 3.10. The molecule has 0 aliphatic carbocycles. The first-order chi connectivity index (χ1) is 10.7. The zero-order chi connectivity index (χ0) is 15.8. The molecule has 2 rings (SSSR count). The molecule has 1 fully saturated rings. The van der Waals surface area contributed by atoms with Gasteiger partial charge < -0.3 is 15.4 Å². The van der Waals surface area contributed by atoms with Crippen molar-refractivity contribution < 1.29 is 9.53 Å². The summed E-state index contributed by atoms with van der Waals surface area (Å²) in [6.07, 6.45) is 2.91. The van der Waals surface area contributed by atoms with E-state index in [1.807, 2.05) is 18.2 Å². The Morgan fingerprint density at radius 3 is 2.96 bits per heavy atom. The minimum absolute atomic E-state index is 0. The zero-order valence-corrected chi connectivity index (χ0v) is 15.5. The summed E-state index contributed by atoms with van der Waals surface area (Å²) in [7, 11) is 1.69. The Bertz CT molecular complexity index is 481. The summed E-state index contributed by atoms with van der Waals surface area (Å²) in [4.78, 5) is 13.1. The smallest absolute Gasteiger partial charge is 0.221 e. The van der Waals surface area contributed by atoms with Gasteiger partial charge in [0.25, 0.3) is 0 Å². The fourth-order valence-corrected chi connectivity index (χ4v) is 3.59. The van der Waals surface area contributed by atoms with Crippen molar-refractivity contribution in [1.82, 2.24) is 10.6 Å². The largest absolute Gasteiger partial charge is 0.496 e. The van der Waals surface area contributed by atoms with E-state index in [9.17, 15) is 4.79 Å². The number of amides is 1. The van der Waals surface area contributed by atoms with Gasteiger partial charge in [-0.2, -0.15) is 0 Å². The van der Waals surface area contributed by atoms with Crippen LogP contribution in [0, 0.1) is 5.92 Å². The number of rotatable bonds is 8. The maximum absolute atomic E-state index is 11.9. The van der Waals surface area contributed by atoms with Crippen molar-refractivity contribution in [2.45, 2.75) is 37.1 Å². The molecule has 1 heterocycles. The Labute approximate surface area is 149 Å². The van der Waals surface area contributed by atoms with Crippen molar-refractivity contribution >= 4 is 30.1 Å². The van der Waals surface area contributed by atoms with Gasteiger partial charge >= 0.3 is 0 Å². The summed E-state index contributed by atoms with van der Waals surface area (Å²) in [5.41, 5.74) is 0. The van der Waals surface area contributed by atoms with Crippen LogP contribution in [0.5, 0.6) is 5.75 Å². The van der Waals surface area contributed by atoms with Crippen LogP contribution in [0.25, 0.3) is 0 Å². The quantitative estimate of drug-likeness (QED) is 0.701. The number of hydrogen-bond acceptors (Lipinski definition) is 4. The van der Waals surface area contributed by atoms with Crippen LogP contribution < -0.4 is 15.4 Å². The number of nitrogens with one attached hydrogen (secondary N) is 2. The Balaban J connectivity index is 0.00000264. The van der Waals surface area contributed by atoms with Crippen LogP contribution >= 0.6 is 24.2 Å². The van der Waals surface area contributed by atoms with Gasteiger partial charge in [-0.1, -0.05) is 19.1 Å². The molecule has 1 saturated heterocycles. The standard InChI is InChI=1S/C17H26N2O2S.ClH/c1-13(11-19-17(20)10-14-6-5-9-18-14)12-22-16-8-4-3-7-15(16)21-2;/h3-4,7-8,13-14,18H,5-6,9-12H2,1-2H3,(H,19,20);1H. The third-order valence-electron chi connectivity index (χ3n) is 3.83. The average Bonchev–Trinajstić information content (AvgIpc) is 3.04. The molecule has 0 radical (unpaired) electrons. The number of hydrogen-bond donors (Lipinski definition) is 2. The van der Waals surface area contributed by atoms with Gasteiger partial charge in [-0.25, -0.2) is 0 Å². The highest BCUT2D eigenvalue weighted by Gasteiger charge is 2.17. The number of thioether (sulfide) groups is 1. The molecular weight excluding hydrogens is 332 g/mol. The van der Waals surface area contributed by atoms with Crippen LogP contribution in [0.3, 0.4) is 0 Å². The summed E-state index contributed by atoms with van der Waals surface area (Å²) in [6, 6.07) is 8.41. The van der Waals surface area contributed by atoms with Crippen LogP contribution in [-0.4, -0.2) is 37.9 Å². The summed E-state index contributed by atoms with van der Waals surface area (Å²) in [5.74, 6) is 2.46. The van der Waals surface area contributed by atoms with Gasteiger partial charge in [0.2, 0.25) is 5.91 Å². The second kappa shape index (κ2) is 10.8. The Morgan fingerprint density at radius 2 is 2.26 bits per heavy atom. The monoisotopic (exact) mass is 358 g/mol. The van der Waals surface area contributed by atoms with Gasteiger partial charge in [-0.15, -0.1) is 24.2 Å². The SMILES string of the molecule is COc1ccccc1SCC(C)CNC(=O)CC1CCCN1.Cl. The van der Waals surface area contributed by atoms with Crippen molar-refractivity contribution in [2.24, 2.45) is 5.92 Å². The van der Waals surface area contributed by atoms with E-state index >= 15 is 0 Å². The van der Waals surface area contributed by atoms with E-state index in [1.165, 1.54) is 6.42 Å². The molecule has 0 bridgehead atoms. The average molecular weight is 359 g/mol. The number of carbonyl (C=O) groups excluding carboxylic acids is 1. The number of benzene rings is 1. The fourth-order valence-electron chi connectivity index (χ4n) is 2.54. The normalized spacial score (nSPS) is 18.1. The first kappa shape index (κ1) is 20.1. The molecule has 130 valence electrons. The second-order valence-corrected chi connectivity index (χ2v) is 6.93. The minimum atomic E-state index is 0. The lowest BCUT2D eigenvalue weighted by atomic mass is 10.1. The molecule has 4 nitrogen and oxygen atoms in total. The molecule has 1 amide bonds. The van der Waals surface area contributed by atoms with E-state index in [-0.39, 0.29) is 18.3 Å². The Hall–Kier alpha value is -0.910. The molecule has 23 heavy (non-hydrogen) atoms. The lowest BCUT2D eigenvalue weighted by Crippen LogP contribution is -2.34. The fraction of sp³-hybridized carbons (Fsp3) is 0.588. The third kappa shape index (κ3) is 7.02. The Morgan fingerprint density at radius 1 is 1.48 bits per heavy atom. The van der Waals surface area contributed by atoms with Gasteiger partial charge in [0.15, 0.2) is 0 Å². The maximum Gasteiger partial charge on any atom is 0.221 e. The highest BCUT2D eigenvalue weighted by Crippen LogP contribution is 2.29. The van der Waals surface area contributed by atoms with Crippen LogP contribution in [0.4, 0.5) is 0 Å². The van der Waals surface area contributed by atoms with Crippen LogP contribution in [0.15, 0.2) is 29.2 Å². The molecule has 1 aliphatic rings. The molecule has 1 aliphatic heterocycles. The van der Waals surface area contributed by atoms with Crippen LogP contribution in [0.2, 0.25) is 0 Å². The number of ether oxygens (including phenoxy) is 1. The van der Waals surface area contributed by atoms with Gasteiger partial charge in [-0.05, 0) is 37.4 Å². The number of carbonyl (C=O) groups is 1. The molecule has 0 spiro atoms. The number of halogens is 1. The summed E-state index contributed by atoms with van der Waals surface area (Å²) >= 11 is 1.78. The Kier molecular flexibility index (Phi) is 9.44. The summed E-state index contributed by atoms with van der Waals surface area (Å²) in [6.45, 7) is 3.94. The molecular formula is C17H27ClN2O2S. The lowest BCUT2D eigenvalue weighted by Gasteiger charge is -2.15. The van der Waals surface area contributed by atoms with E-state index in [0.717, 1.165) is 35.9 Å². The van der Waals surface area contributed by atoms with Crippen molar-refractivity contribution in [1.29, 1.82) is 0 Å². The first-order valence-electron chi connectivity index (χ1n) is 7.95. The molecule has 1 aromatic carbocycles. The molecule has 2 N–H and O–H groups in total. The van der Waals surface area contributed by atoms with Gasteiger partial charge in [0.1, 0.15) is 5.75 Å². The van der Waals surface area contributed by atoms with Crippen molar-refractivity contribution in [3.05, 3.63) is 24.3 Å². The molecule has 2 unspecified atom stereocenters. The zero-order valence-electron chi connectivity index (χ0n) is 13.8. The summed E-state index contributed by atoms with van der Waals surface area (Å²) < 4.78 is 5.35. The van der Waals surface area contributed by atoms with Gasteiger partial charge in [-0.3, -0.25) is 4.79 Å². The maximum atomic E-state index is 11.9. The van der Waals surface area contributed by atoms with E-state index in [1.54, 1.807) is 18.9 Å². The highest BCUT2D eigenvalue weighted by molar-refractivity contribution is 7.99. The van der Waals surface area contributed by atoms with Crippen molar-refractivity contribution in [2.75, 3.05) is 26.0 Å². The lowest BCUT2D eigenvalue weighted by molar-refractivity contribution is -0.121. The van der Waals surface area contributed by atoms with Crippen LogP contribution in [0.1, 0.15) is 26.2 Å². The van der Waals surface area contributed by atoms with Gasteiger partial charge in [0.05, 0.1) is 7.11 Å². The molecule has 0 saturated carbocycles. The van der Waals surface area contributed by atoms with Gasteiger partial charge in [0, 0.05) is 29.7 Å². The molecule has 0 aromatic heterocycles. The third-order valence-corrected chi connectivity index (χ3v) is 5.22. The topological polar surface area (TPSA) is 50.4 Å². The van der Waals surface area contributed by atoms with E-state index < -0.39 is 0 Å². The van der Waals surface area contributed by atoms with Crippen LogP contribution in [-0.2, 0) is 4.79 Å².